The highest BCUT2D eigenvalue weighted by Crippen LogP contribution is 2.40. The van der Waals surface area contributed by atoms with Crippen LogP contribution in [-0.2, 0) is 18.9 Å². The summed E-state index contributed by atoms with van der Waals surface area (Å²) in [6, 6.07) is 9.61. The smallest absolute Gasteiger partial charge is 0.381 e. The molecule has 3 aromatic rings. The summed E-state index contributed by atoms with van der Waals surface area (Å²) in [6.45, 7) is -0.227. The predicted octanol–water partition coefficient (Wildman–Crippen LogP) is 7.70. The van der Waals surface area contributed by atoms with Crippen LogP contribution >= 0.6 is 12.4 Å². The quantitative estimate of drug-likeness (QED) is 0.388. The lowest BCUT2D eigenvalue weighted by molar-refractivity contribution is -0.141. The Hall–Kier alpha value is -2.81. The van der Waals surface area contributed by atoms with Crippen LogP contribution in [0.1, 0.15) is 16.7 Å². The van der Waals surface area contributed by atoms with E-state index in [1.807, 2.05) is 0 Å². The van der Waals surface area contributed by atoms with E-state index in [-0.39, 0.29) is 30.1 Å². The van der Waals surface area contributed by atoms with Crippen molar-refractivity contribution in [2.45, 2.75) is 18.9 Å². The van der Waals surface area contributed by atoms with Crippen molar-refractivity contribution in [3.63, 3.8) is 0 Å². The van der Waals surface area contributed by atoms with Gasteiger partial charge in [0.25, 0.3) is 0 Å². The fourth-order valence-corrected chi connectivity index (χ4v) is 2.87. The van der Waals surface area contributed by atoms with Crippen LogP contribution in [0.5, 0.6) is 0 Å². The van der Waals surface area contributed by atoms with Gasteiger partial charge in [-0.15, -0.1) is 12.4 Å². The van der Waals surface area contributed by atoms with Crippen LogP contribution in [-0.4, -0.2) is 0 Å². The van der Waals surface area contributed by atoms with Crippen molar-refractivity contribution in [1.82, 2.24) is 0 Å². The Balaban J connectivity index is 0.00000341. The van der Waals surface area contributed by atoms with Crippen LogP contribution in [0.3, 0.4) is 0 Å². The molecule has 0 aliphatic heterocycles. The lowest BCUT2D eigenvalue weighted by atomic mass is 9.96. The van der Waals surface area contributed by atoms with Gasteiger partial charge in [-0.05, 0) is 53.6 Å². The summed E-state index contributed by atoms with van der Waals surface area (Å²) in [6.07, 6.45) is -9.65. The normalized spacial score (nSPS) is 11.7. The average Bonchev–Trinajstić information content (AvgIpc) is 2.66. The summed E-state index contributed by atoms with van der Waals surface area (Å²) in [7, 11) is 0. The molecule has 0 aliphatic carbocycles. The molecule has 3 aromatic carbocycles. The number of benzene rings is 3. The predicted molar refractivity (Wildman–Crippen MR) is 103 cm³/mol. The van der Waals surface area contributed by atoms with Gasteiger partial charge >= 0.3 is 12.4 Å². The molecule has 1 N–H and O–H groups in total. The van der Waals surface area contributed by atoms with Crippen molar-refractivity contribution in [3.05, 3.63) is 89.0 Å². The third-order valence-corrected chi connectivity index (χ3v) is 4.38. The Morgan fingerprint density at radius 1 is 0.710 bits per heavy atom. The summed E-state index contributed by atoms with van der Waals surface area (Å²) >= 11 is 0. The Labute approximate surface area is 178 Å². The van der Waals surface area contributed by atoms with Gasteiger partial charge in [-0.3, -0.25) is 0 Å². The van der Waals surface area contributed by atoms with Crippen molar-refractivity contribution in [3.8, 4) is 11.1 Å². The summed E-state index contributed by atoms with van der Waals surface area (Å²) < 4.78 is 106. The fraction of sp³-hybridized carbons (Fsp3) is 0.143. The number of halogens is 9. The van der Waals surface area contributed by atoms with Gasteiger partial charge in [0.05, 0.1) is 11.1 Å². The molecule has 0 amide bonds. The van der Waals surface area contributed by atoms with Gasteiger partial charge in [0.1, 0.15) is 11.6 Å². The first kappa shape index (κ1) is 24.5. The van der Waals surface area contributed by atoms with E-state index in [0.717, 1.165) is 12.1 Å². The number of alkyl halides is 6. The molecule has 0 aromatic heterocycles. The Morgan fingerprint density at radius 2 is 1.29 bits per heavy atom. The maximum absolute atomic E-state index is 13.7. The molecular formula is C21H14ClF8N. The van der Waals surface area contributed by atoms with Crippen molar-refractivity contribution in [2.75, 3.05) is 5.32 Å². The number of hydrogen-bond donors (Lipinski definition) is 1. The number of nitrogens with one attached hydrogen (secondary N) is 1. The molecule has 1 nitrogen and oxygen atoms in total. The number of anilines is 1. The van der Waals surface area contributed by atoms with Gasteiger partial charge < -0.3 is 5.32 Å². The molecule has 0 unspecified atom stereocenters. The molecule has 10 heteroatoms. The monoisotopic (exact) mass is 467 g/mol. The van der Waals surface area contributed by atoms with Crippen LogP contribution in [0, 0.1) is 11.6 Å². The van der Waals surface area contributed by atoms with E-state index in [2.05, 4.69) is 5.32 Å². The van der Waals surface area contributed by atoms with Crippen molar-refractivity contribution < 1.29 is 35.1 Å². The maximum Gasteiger partial charge on any atom is 0.417 e. The second-order valence-corrected chi connectivity index (χ2v) is 6.39. The van der Waals surface area contributed by atoms with E-state index in [4.69, 9.17) is 0 Å². The van der Waals surface area contributed by atoms with Gasteiger partial charge in [-0.1, -0.05) is 18.2 Å². The Bertz CT molecular complexity index is 1020. The van der Waals surface area contributed by atoms with E-state index in [9.17, 15) is 35.1 Å². The molecule has 0 saturated carbocycles. The van der Waals surface area contributed by atoms with Crippen LogP contribution < -0.4 is 5.32 Å². The zero-order valence-electron chi connectivity index (χ0n) is 15.4. The molecular weight excluding hydrogens is 454 g/mol. The molecule has 0 saturated heterocycles. The van der Waals surface area contributed by atoms with Gasteiger partial charge in [0, 0.05) is 17.8 Å². The molecule has 0 bridgehead atoms. The largest absolute Gasteiger partial charge is 0.417 e. The van der Waals surface area contributed by atoms with Gasteiger partial charge in [0.2, 0.25) is 0 Å². The number of hydrogen-bond acceptors (Lipinski definition) is 1. The molecule has 0 radical (unpaired) electrons. The van der Waals surface area contributed by atoms with Crippen molar-refractivity contribution >= 4 is 18.1 Å². The molecule has 0 atom stereocenters. The minimum absolute atomic E-state index is 0. The highest BCUT2D eigenvalue weighted by Gasteiger charge is 2.37. The van der Waals surface area contributed by atoms with E-state index < -0.39 is 40.7 Å². The molecule has 3 rings (SSSR count). The molecule has 0 spiro atoms. The fourth-order valence-electron chi connectivity index (χ4n) is 2.87. The average molecular weight is 468 g/mol. The lowest BCUT2D eigenvalue weighted by Gasteiger charge is -2.16. The highest BCUT2D eigenvalue weighted by molar-refractivity contribution is 5.85. The second kappa shape index (κ2) is 9.13. The van der Waals surface area contributed by atoms with Crippen LogP contribution in [0.25, 0.3) is 11.1 Å². The van der Waals surface area contributed by atoms with Gasteiger partial charge in [-0.2, -0.15) is 26.3 Å². The summed E-state index contributed by atoms with van der Waals surface area (Å²) in [5.41, 5.74) is -3.02. The SMILES string of the molecule is Cl.Fc1cccc(F)c1CNc1ccc(-c2cc(C(F)(F)F)ccc2C(F)(F)F)cc1. The lowest BCUT2D eigenvalue weighted by Crippen LogP contribution is -2.11. The zero-order valence-corrected chi connectivity index (χ0v) is 16.2. The van der Waals surface area contributed by atoms with Crippen molar-refractivity contribution in [2.24, 2.45) is 0 Å². The minimum Gasteiger partial charge on any atom is -0.381 e. The van der Waals surface area contributed by atoms with E-state index >= 15 is 0 Å². The second-order valence-electron chi connectivity index (χ2n) is 6.39. The molecule has 0 heterocycles. The van der Waals surface area contributed by atoms with Crippen LogP contribution in [0.15, 0.2) is 60.7 Å². The minimum atomic E-state index is -4.85. The number of rotatable bonds is 4. The van der Waals surface area contributed by atoms with Gasteiger partial charge in [-0.25, -0.2) is 8.78 Å². The molecule has 0 fully saturated rings. The van der Waals surface area contributed by atoms with Crippen molar-refractivity contribution in [1.29, 1.82) is 0 Å². The Morgan fingerprint density at radius 3 is 1.81 bits per heavy atom. The summed E-state index contributed by atoms with van der Waals surface area (Å²) in [4.78, 5) is 0. The van der Waals surface area contributed by atoms with E-state index in [1.54, 1.807) is 0 Å². The van der Waals surface area contributed by atoms with Crippen LogP contribution in [0.4, 0.5) is 40.8 Å². The Kier molecular flexibility index (Phi) is 7.21. The molecule has 0 aliphatic rings. The van der Waals surface area contributed by atoms with Gasteiger partial charge in [0.15, 0.2) is 0 Å². The first-order valence-corrected chi connectivity index (χ1v) is 8.52. The summed E-state index contributed by atoms with van der Waals surface area (Å²) in [5, 5.41) is 2.72. The van der Waals surface area contributed by atoms with E-state index in [0.29, 0.717) is 23.9 Å². The first-order chi connectivity index (χ1) is 14.0. The molecule has 31 heavy (non-hydrogen) atoms. The van der Waals surface area contributed by atoms with Crippen LogP contribution in [0.2, 0.25) is 0 Å². The topological polar surface area (TPSA) is 12.0 Å². The zero-order chi connectivity index (χ0) is 22.1. The standard InChI is InChI=1S/C21H13F8N.ClH/c22-18-2-1-3-19(23)16(18)11-30-14-7-4-12(5-8-14)15-10-13(20(24,25)26)6-9-17(15)21(27,28)29;/h1-10,30H,11H2;1H. The first-order valence-electron chi connectivity index (χ1n) is 8.52. The molecule has 166 valence electrons. The maximum atomic E-state index is 13.7. The third kappa shape index (κ3) is 5.66. The highest BCUT2D eigenvalue weighted by atomic mass is 35.5. The summed E-state index contributed by atoms with van der Waals surface area (Å²) in [5.74, 6) is -1.53. The third-order valence-electron chi connectivity index (χ3n) is 4.38. The van der Waals surface area contributed by atoms with E-state index in [1.165, 1.54) is 30.3 Å².